The fraction of sp³-hybridized carbons (Fsp3) is 0.204. The van der Waals surface area contributed by atoms with E-state index in [4.69, 9.17) is 9.15 Å². The van der Waals surface area contributed by atoms with Crippen LogP contribution in [0.3, 0.4) is 0 Å². The molecule has 2 nitrogen and oxygen atoms in total. The first-order valence-electron chi connectivity index (χ1n) is 18.5. The molecule has 2 aliphatic carbocycles. The average molecular weight is 666 g/mol. The Morgan fingerprint density at radius 2 is 1.29 bits per heavy atom. The molecule has 252 valence electrons. The van der Waals surface area contributed by atoms with Gasteiger partial charge in [0.05, 0.1) is 23.1 Å². The highest BCUT2D eigenvalue weighted by Gasteiger charge is 2.37. The lowest BCUT2D eigenvalue weighted by molar-refractivity contribution is 0.355. The summed E-state index contributed by atoms with van der Waals surface area (Å²) in [6.45, 7) is 4.74. The normalized spacial score (nSPS) is 20.3. The molecule has 3 unspecified atom stereocenters. The summed E-state index contributed by atoms with van der Waals surface area (Å²) in [5.41, 5.74) is 11.2. The number of rotatable bonds is 8. The molecule has 0 N–H and O–H groups in total. The minimum Gasteiger partial charge on any atom is -0.456 e. The van der Waals surface area contributed by atoms with E-state index in [1.165, 1.54) is 39.0 Å². The molecule has 1 aliphatic heterocycles. The molecular weight excluding hydrogens is 621 g/mol. The van der Waals surface area contributed by atoms with Gasteiger partial charge in [-0.1, -0.05) is 147 Å². The van der Waals surface area contributed by atoms with Gasteiger partial charge in [0.15, 0.2) is 0 Å². The number of benzene rings is 4. The third kappa shape index (κ3) is 7.10. The lowest BCUT2D eigenvalue weighted by Gasteiger charge is -2.32. The van der Waals surface area contributed by atoms with Crippen molar-refractivity contribution in [3.05, 3.63) is 197 Å². The van der Waals surface area contributed by atoms with Gasteiger partial charge in [-0.3, -0.25) is 0 Å². The number of allylic oxidation sites excluding steroid dienone is 8. The summed E-state index contributed by atoms with van der Waals surface area (Å²) in [6.07, 6.45) is 16.4. The van der Waals surface area contributed by atoms with Crippen LogP contribution in [0.4, 0.5) is 0 Å². The van der Waals surface area contributed by atoms with Crippen molar-refractivity contribution < 1.29 is 9.15 Å². The molecular formula is C49H45O2+. The molecule has 0 radical (unpaired) electrons. The molecule has 8 rings (SSSR count). The molecule has 1 aromatic heterocycles. The van der Waals surface area contributed by atoms with Gasteiger partial charge in [0.1, 0.15) is 11.5 Å². The van der Waals surface area contributed by atoms with E-state index in [9.17, 15) is 0 Å². The third-order valence-electron chi connectivity index (χ3n) is 10.5. The fourth-order valence-electron chi connectivity index (χ4n) is 8.10. The van der Waals surface area contributed by atoms with Crippen molar-refractivity contribution in [2.75, 3.05) is 0 Å². The van der Waals surface area contributed by atoms with E-state index in [0.717, 1.165) is 66.3 Å². The predicted octanol–water partition coefficient (Wildman–Crippen LogP) is 13.3. The lowest BCUT2D eigenvalue weighted by Crippen LogP contribution is -2.17. The maximum Gasteiger partial charge on any atom is 0.360 e. The topological polar surface area (TPSA) is 20.5 Å². The van der Waals surface area contributed by atoms with Crippen LogP contribution in [0.5, 0.6) is 0 Å². The minimum absolute atomic E-state index is 0.319. The van der Waals surface area contributed by atoms with Gasteiger partial charge < -0.3 is 4.74 Å². The molecule has 2 heterocycles. The van der Waals surface area contributed by atoms with E-state index < -0.39 is 0 Å². The summed E-state index contributed by atoms with van der Waals surface area (Å²) in [5.74, 6) is 5.44. The molecule has 0 bridgehead atoms. The zero-order chi connectivity index (χ0) is 34.6. The van der Waals surface area contributed by atoms with Crippen LogP contribution in [0.1, 0.15) is 67.9 Å². The number of hydrogen-bond acceptors (Lipinski definition) is 1. The summed E-state index contributed by atoms with van der Waals surface area (Å²) in [4.78, 5) is 0. The Balaban J connectivity index is 1.10. The van der Waals surface area contributed by atoms with Crippen molar-refractivity contribution >= 4 is 11.3 Å². The van der Waals surface area contributed by atoms with E-state index >= 15 is 0 Å². The Bertz CT molecular complexity index is 2150. The van der Waals surface area contributed by atoms with Crippen molar-refractivity contribution in [3.8, 4) is 22.5 Å². The van der Waals surface area contributed by atoms with E-state index in [-0.39, 0.29) is 0 Å². The predicted molar refractivity (Wildman–Crippen MR) is 211 cm³/mol. The van der Waals surface area contributed by atoms with Crippen LogP contribution < -0.4 is 0 Å². The second-order valence-corrected chi connectivity index (χ2v) is 14.5. The van der Waals surface area contributed by atoms with Gasteiger partial charge >= 0.3 is 11.5 Å². The highest BCUT2D eigenvalue weighted by atomic mass is 16.5. The van der Waals surface area contributed by atoms with Crippen molar-refractivity contribution in [2.45, 2.75) is 51.9 Å². The molecule has 3 atom stereocenters. The minimum atomic E-state index is 0.319. The van der Waals surface area contributed by atoms with E-state index in [0.29, 0.717) is 17.8 Å². The Morgan fingerprint density at radius 1 is 0.667 bits per heavy atom. The van der Waals surface area contributed by atoms with Gasteiger partial charge in [-0.15, -0.1) is 0 Å². The maximum absolute atomic E-state index is 6.84. The maximum atomic E-state index is 6.84. The first-order chi connectivity index (χ1) is 25.1. The van der Waals surface area contributed by atoms with Crippen LogP contribution in [-0.4, -0.2) is 0 Å². The molecule has 4 aromatic carbocycles. The second kappa shape index (κ2) is 14.8. The van der Waals surface area contributed by atoms with Crippen LogP contribution in [0.2, 0.25) is 0 Å². The lowest BCUT2D eigenvalue weighted by atomic mass is 9.77. The van der Waals surface area contributed by atoms with E-state index in [1.807, 2.05) is 0 Å². The molecule has 2 heteroatoms. The molecule has 3 aliphatic rings. The number of ether oxygens (including phenoxy) is 1. The first kappa shape index (κ1) is 32.7. The van der Waals surface area contributed by atoms with Crippen molar-refractivity contribution in [2.24, 2.45) is 11.8 Å². The second-order valence-electron chi connectivity index (χ2n) is 14.5. The van der Waals surface area contributed by atoms with Crippen LogP contribution in [0.25, 0.3) is 33.8 Å². The van der Waals surface area contributed by atoms with E-state index in [2.05, 4.69) is 172 Å². The fourth-order valence-corrected chi connectivity index (χ4v) is 8.10. The highest BCUT2D eigenvalue weighted by molar-refractivity contribution is 5.88. The zero-order valence-corrected chi connectivity index (χ0v) is 29.6. The molecule has 0 fully saturated rings. The summed E-state index contributed by atoms with van der Waals surface area (Å²) in [7, 11) is 0. The monoisotopic (exact) mass is 665 g/mol. The SMILES string of the molecule is CC1CC(C=CC=CCC2CC(C)Cc3c(-c4ccccc4)cc(-c4ccccc4)[o+]c32)=C2OC(c3ccccc3)=CC(c3ccccc3)=C2C1. The molecule has 51 heavy (non-hydrogen) atoms. The van der Waals surface area contributed by atoms with Gasteiger partial charge in [0.2, 0.25) is 0 Å². The average Bonchev–Trinajstić information content (AvgIpc) is 3.18. The third-order valence-corrected chi connectivity index (χ3v) is 10.5. The summed E-state index contributed by atoms with van der Waals surface area (Å²) in [5, 5.41) is 0. The quantitative estimate of drug-likeness (QED) is 0.121. The molecule has 0 saturated carbocycles. The van der Waals surface area contributed by atoms with Crippen LogP contribution >= 0.6 is 0 Å². The Morgan fingerprint density at radius 3 is 1.98 bits per heavy atom. The molecule has 5 aromatic rings. The zero-order valence-electron chi connectivity index (χ0n) is 29.6. The summed E-state index contributed by atoms with van der Waals surface area (Å²) >= 11 is 0. The summed E-state index contributed by atoms with van der Waals surface area (Å²) in [6, 6.07) is 44.8. The van der Waals surface area contributed by atoms with Crippen molar-refractivity contribution in [1.82, 2.24) is 0 Å². The summed E-state index contributed by atoms with van der Waals surface area (Å²) < 4.78 is 13.6. The number of fused-ring (bicyclic) bond motifs is 2. The smallest absolute Gasteiger partial charge is 0.360 e. The van der Waals surface area contributed by atoms with Gasteiger partial charge in [-0.2, -0.15) is 0 Å². The van der Waals surface area contributed by atoms with Crippen LogP contribution in [0, 0.1) is 11.8 Å². The van der Waals surface area contributed by atoms with Crippen LogP contribution in [0.15, 0.2) is 179 Å². The van der Waals surface area contributed by atoms with E-state index in [1.54, 1.807) is 0 Å². The Kier molecular flexibility index (Phi) is 9.49. The molecule has 0 spiro atoms. The highest BCUT2D eigenvalue weighted by Crippen LogP contribution is 2.46. The Hall–Kier alpha value is -5.47. The van der Waals surface area contributed by atoms with Gasteiger partial charge in [0.25, 0.3) is 0 Å². The van der Waals surface area contributed by atoms with Crippen LogP contribution in [-0.2, 0) is 11.2 Å². The number of hydrogen-bond donors (Lipinski definition) is 0. The molecule has 0 saturated heterocycles. The standard InChI is InChI=1S/C49H45O2/c1-34-28-40(48-44(30-34)42(36-18-8-3-9-19-36)32-46(50-48)38-22-12-5-13-23-38)26-16-7-17-27-41-29-35(2)31-45-43(37-20-10-4-11-21-37)33-47(51-49(41)45)39-24-14-6-15-25-39/h3-26,32-35,41H,27-31H2,1-2H3/q+1. The Labute approximate surface area is 302 Å². The van der Waals surface area contributed by atoms with Crippen molar-refractivity contribution in [3.63, 3.8) is 0 Å². The van der Waals surface area contributed by atoms with Crippen molar-refractivity contribution in [1.29, 1.82) is 0 Å². The largest absolute Gasteiger partial charge is 0.456 e. The first-order valence-corrected chi connectivity index (χ1v) is 18.5. The molecule has 0 amide bonds. The van der Waals surface area contributed by atoms with Gasteiger partial charge in [-0.25, -0.2) is 4.42 Å². The van der Waals surface area contributed by atoms with Gasteiger partial charge in [-0.05, 0) is 84.4 Å². The van der Waals surface area contributed by atoms with Gasteiger partial charge in [0, 0.05) is 16.7 Å².